The number of likely N-dealkylation sites (tertiary alicyclic amines) is 1. The normalized spacial score (nSPS) is 18.0. The SMILES string of the molecule is CN=C(NCc1ccc(F)c(COC)c1)N1CCN(CC(=O)N2CCCCC2)CC1.I. The molecule has 1 amide bonds. The lowest BCUT2D eigenvalue weighted by Gasteiger charge is -2.37. The van der Waals surface area contributed by atoms with Crippen LogP contribution in [-0.2, 0) is 22.7 Å². The van der Waals surface area contributed by atoms with Crippen LogP contribution in [0.25, 0.3) is 0 Å². The van der Waals surface area contributed by atoms with E-state index in [-0.39, 0.29) is 42.3 Å². The molecule has 1 aromatic rings. The summed E-state index contributed by atoms with van der Waals surface area (Å²) in [6.45, 7) is 6.48. The molecule has 0 spiro atoms. The van der Waals surface area contributed by atoms with Crippen LogP contribution in [0.2, 0.25) is 0 Å². The number of hydrogen-bond donors (Lipinski definition) is 1. The van der Waals surface area contributed by atoms with E-state index < -0.39 is 0 Å². The highest BCUT2D eigenvalue weighted by atomic mass is 127. The number of carbonyl (C=O) groups is 1. The Labute approximate surface area is 202 Å². The molecule has 2 aliphatic rings. The third-order valence-corrected chi connectivity index (χ3v) is 5.81. The van der Waals surface area contributed by atoms with Gasteiger partial charge in [-0.2, -0.15) is 0 Å². The van der Waals surface area contributed by atoms with Crippen LogP contribution < -0.4 is 5.32 Å². The summed E-state index contributed by atoms with van der Waals surface area (Å²) < 4.78 is 18.9. The molecule has 1 aromatic carbocycles. The molecule has 0 unspecified atom stereocenters. The maximum atomic E-state index is 13.8. The number of piperazine rings is 1. The molecule has 0 bridgehead atoms. The van der Waals surface area contributed by atoms with Gasteiger partial charge in [-0.25, -0.2) is 4.39 Å². The average molecular weight is 547 g/mol. The summed E-state index contributed by atoms with van der Waals surface area (Å²) in [7, 11) is 3.33. The van der Waals surface area contributed by atoms with Gasteiger partial charge in [0.1, 0.15) is 5.82 Å². The molecule has 31 heavy (non-hydrogen) atoms. The maximum absolute atomic E-state index is 13.8. The van der Waals surface area contributed by atoms with Gasteiger partial charge in [-0.15, -0.1) is 24.0 Å². The van der Waals surface area contributed by atoms with E-state index in [4.69, 9.17) is 4.74 Å². The van der Waals surface area contributed by atoms with Gasteiger partial charge in [0, 0.05) is 65.5 Å². The van der Waals surface area contributed by atoms with Gasteiger partial charge < -0.3 is 19.9 Å². The lowest BCUT2D eigenvalue weighted by Crippen LogP contribution is -2.54. The molecule has 0 saturated carbocycles. The van der Waals surface area contributed by atoms with Gasteiger partial charge in [0.15, 0.2) is 5.96 Å². The fourth-order valence-electron chi connectivity index (χ4n) is 4.07. The number of benzene rings is 1. The minimum atomic E-state index is -0.250. The summed E-state index contributed by atoms with van der Waals surface area (Å²) in [6.07, 6.45) is 3.49. The first-order chi connectivity index (χ1) is 14.6. The number of amides is 1. The van der Waals surface area contributed by atoms with Crippen molar-refractivity contribution in [3.8, 4) is 0 Å². The molecule has 2 fully saturated rings. The Hall–Kier alpha value is -1.46. The number of nitrogens with zero attached hydrogens (tertiary/aromatic N) is 4. The lowest BCUT2D eigenvalue weighted by molar-refractivity contribution is -0.133. The zero-order chi connectivity index (χ0) is 21.3. The van der Waals surface area contributed by atoms with Crippen LogP contribution in [-0.4, -0.2) is 86.5 Å². The first kappa shape index (κ1) is 25.8. The molecule has 2 saturated heterocycles. The number of piperidine rings is 1. The highest BCUT2D eigenvalue weighted by Crippen LogP contribution is 2.13. The van der Waals surface area contributed by atoms with Crippen LogP contribution in [0.15, 0.2) is 23.2 Å². The Morgan fingerprint density at radius 3 is 2.45 bits per heavy atom. The van der Waals surface area contributed by atoms with Gasteiger partial charge in [-0.1, -0.05) is 6.07 Å². The van der Waals surface area contributed by atoms with E-state index in [1.54, 1.807) is 20.2 Å². The number of rotatable bonds is 6. The van der Waals surface area contributed by atoms with E-state index in [1.807, 2.05) is 11.0 Å². The Bertz CT molecular complexity index is 735. The van der Waals surface area contributed by atoms with Crippen molar-refractivity contribution >= 4 is 35.8 Å². The van der Waals surface area contributed by atoms with Gasteiger partial charge in [0.2, 0.25) is 5.91 Å². The van der Waals surface area contributed by atoms with Gasteiger partial charge in [0.25, 0.3) is 0 Å². The van der Waals surface area contributed by atoms with Crippen molar-refractivity contribution in [3.05, 3.63) is 35.1 Å². The van der Waals surface area contributed by atoms with Crippen LogP contribution in [0, 0.1) is 5.82 Å². The molecule has 1 N–H and O–H groups in total. The van der Waals surface area contributed by atoms with E-state index in [0.717, 1.165) is 63.6 Å². The highest BCUT2D eigenvalue weighted by molar-refractivity contribution is 14.0. The second kappa shape index (κ2) is 13.2. The molecule has 3 rings (SSSR count). The predicted octanol–water partition coefficient (Wildman–Crippen LogP) is 2.30. The van der Waals surface area contributed by atoms with Gasteiger partial charge >= 0.3 is 0 Å². The highest BCUT2D eigenvalue weighted by Gasteiger charge is 2.24. The Kier molecular flexibility index (Phi) is 11.0. The largest absolute Gasteiger partial charge is 0.380 e. The molecular formula is C22H35FIN5O2. The summed E-state index contributed by atoms with van der Waals surface area (Å²) in [5.41, 5.74) is 1.54. The molecular weight excluding hydrogens is 512 g/mol. The summed E-state index contributed by atoms with van der Waals surface area (Å²) in [5.74, 6) is 0.837. The van der Waals surface area contributed by atoms with E-state index in [0.29, 0.717) is 18.7 Å². The second-order valence-corrected chi connectivity index (χ2v) is 7.96. The van der Waals surface area contributed by atoms with Gasteiger partial charge in [-0.05, 0) is 37.0 Å². The molecule has 0 aliphatic carbocycles. The third kappa shape index (κ3) is 7.57. The second-order valence-electron chi connectivity index (χ2n) is 7.96. The lowest BCUT2D eigenvalue weighted by atomic mass is 10.1. The standard InChI is InChI=1S/C22H34FN5O2.HI/c1-24-22(25-15-18-6-7-20(23)19(14-18)17-30-2)28-12-10-26(11-13-28)16-21(29)27-8-4-3-5-9-27;/h6-7,14H,3-5,8-13,15-17H2,1-2H3,(H,24,25);1H. The van der Waals surface area contributed by atoms with Crippen LogP contribution in [0.3, 0.4) is 0 Å². The number of aliphatic imine (C=N–C) groups is 1. The third-order valence-electron chi connectivity index (χ3n) is 5.81. The number of hydrogen-bond acceptors (Lipinski definition) is 4. The number of guanidine groups is 1. The molecule has 2 heterocycles. The van der Waals surface area contributed by atoms with Crippen LogP contribution >= 0.6 is 24.0 Å². The minimum absolute atomic E-state index is 0. The van der Waals surface area contributed by atoms with Crippen molar-refractivity contribution in [1.82, 2.24) is 20.0 Å². The van der Waals surface area contributed by atoms with Crippen molar-refractivity contribution in [2.24, 2.45) is 4.99 Å². The fourth-order valence-corrected chi connectivity index (χ4v) is 4.07. The molecule has 9 heteroatoms. The Morgan fingerprint density at radius 2 is 1.81 bits per heavy atom. The number of carbonyl (C=O) groups excluding carboxylic acids is 1. The summed E-state index contributed by atoms with van der Waals surface area (Å²) >= 11 is 0. The first-order valence-corrected chi connectivity index (χ1v) is 10.8. The fraction of sp³-hybridized carbons (Fsp3) is 0.636. The number of methoxy groups -OCH3 is 1. The zero-order valence-electron chi connectivity index (χ0n) is 18.6. The quantitative estimate of drug-likeness (QED) is 0.337. The van der Waals surface area contributed by atoms with Crippen LogP contribution in [0.4, 0.5) is 4.39 Å². The van der Waals surface area contributed by atoms with E-state index >= 15 is 0 Å². The molecule has 0 atom stereocenters. The molecule has 0 radical (unpaired) electrons. The van der Waals surface area contributed by atoms with E-state index in [1.165, 1.54) is 12.5 Å². The minimum Gasteiger partial charge on any atom is -0.380 e. The van der Waals surface area contributed by atoms with Crippen molar-refractivity contribution in [1.29, 1.82) is 0 Å². The monoisotopic (exact) mass is 547 g/mol. The van der Waals surface area contributed by atoms with Crippen molar-refractivity contribution in [2.75, 3.05) is 60.0 Å². The summed E-state index contributed by atoms with van der Waals surface area (Å²) in [5, 5.41) is 3.37. The van der Waals surface area contributed by atoms with Gasteiger partial charge in [0.05, 0.1) is 13.2 Å². The van der Waals surface area contributed by atoms with Crippen LogP contribution in [0.5, 0.6) is 0 Å². The van der Waals surface area contributed by atoms with E-state index in [2.05, 4.69) is 20.1 Å². The summed E-state index contributed by atoms with van der Waals surface area (Å²) in [6, 6.07) is 5.08. The van der Waals surface area contributed by atoms with E-state index in [9.17, 15) is 9.18 Å². The first-order valence-electron chi connectivity index (χ1n) is 10.8. The average Bonchev–Trinajstić information content (AvgIpc) is 2.78. The van der Waals surface area contributed by atoms with Crippen molar-refractivity contribution in [3.63, 3.8) is 0 Å². The molecule has 0 aromatic heterocycles. The Morgan fingerprint density at radius 1 is 1.10 bits per heavy atom. The Balaban J connectivity index is 0.00000341. The molecule has 7 nitrogen and oxygen atoms in total. The maximum Gasteiger partial charge on any atom is 0.236 e. The van der Waals surface area contributed by atoms with Crippen molar-refractivity contribution < 1.29 is 13.9 Å². The number of nitrogens with one attached hydrogen (secondary N) is 1. The van der Waals surface area contributed by atoms with Gasteiger partial charge in [-0.3, -0.25) is 14.7 Å². The predicted molar refractivity (Wildman–Crippen MR) is 131 cm³/mol. The van der Waals surface area contributed by atoms with Crippen molar-refractivity contribution in [2.45, 2.75) is 32.4 Å². The molecule has 174 valence electrons. The zero-order valence-corrected chi connectivity index (χ0v) is 20.9. The smallest absolute Gasteiger partial charge is 0.236 e. The number of ether oxygens (including phenoxy) is 1. The summed E-state index contributed by atoms with van der Waals surface area (Å²) in [4.78, 5) is 23.4. The van der Waals surface area contributed by atoms with Crippen LogP contribution in [0.1, 0.15) is 30.4 Å². The topological polar surface area (TPSA) is 60.4 Å². The number of halogens is 2. The molecule has 2 aliphatic heterocycles.